The third-order valence-corrected chi connectivity index (χ3v) is 4.03. The minimum absolute atomic E-state index is 0.192. The van der Waals surface area contributed by atoms with Gasteiger partial charge < -0.3 is 15.8 Å². The summed E-state index contributed by atoms with van der Waals surface area (Å²) in [6, 6.07) is 5.96. The summed E-state index contributed by atoms with van der Waals surface area (Å²) in [4.78, 5) is 2.39. The molecule has 0 bridgehead atoms. The number of anilines is 1. The first kappa shape index (κ1) is 13.7. The second-order valence-electron chi connectivity index (χ2n) is 5.32. The molecule has 0 spiro atoms. The van der Waals surface area contributed by atoms with E-state index in [9.17, 15) is 0 Å². The number of hydrogen-bond acceptors (Lipinski definition) is 3. The van der Waals surface area contributed by atoms with Crippen LogP contribution in [-0.2, 0) is 0 Å². The van der Waals surface area contributed by atoms with E-state index in [2.05, 4.69) is 30.0 Å². The molecule has 104 valence electrons. The number of oxime groups is 1. The van der Waals surface area contributed by atoms with E-state index in [-0.39, 0.29) is 5.84 Å². The first-order valence-corrected chi connectivity index (χ1v) is 6.99. The number of benzene rings is 1. The van der Waals surface area contributed by atoms with Crippen molar-refractivity contribution in [3.63, 3.8) is 0 Å². The number of nitrogens with two attached hydrogens (primary N) is 1. The number of aryl methyl sites for hydroxylation is 1. The molecular formula is C15H23N3O. The summed E-state index contributed by atoms with van der Waals surface area (Å²) in [6.07, 6.45) is 3.72. The van der Waals surface area contributed by atoms with E-state index in [0.29, 0.717) is 0 Å². The Balaban J connectivity index is 2.37. The van der Waals surface area contributed by atoms with Crippen molar-refractivity contribution in [3.05, 3.63) is 29.3 Å². The molecule has 1 saturated heterocycles. The van der Waals surface area contributed by atoms with Crippen molar-refractivity contribution in [2.24, 2.45) is 16.8 Å². The van der Waals surface area contributed by atoms with Crippen LogP contribution in [0.2, 0.25) is 0 Å². The zero-order chi connectivity index (χ0) is 13.8. The van der Waals surface area contributed by atoms with Crippen LogP contribution in [0.25, 0.3) is 0 Å². The van der Waals surface area contributed by atoms with Gasteiger partial charge in [-0.15, -0.1) is 0 Å². The predicted molar refractivity (Wildman–Crippen MR) is 78.9 cm³/mol. The third kappa shape index (κ3) is 2.83. The highest BCUT2D eigenvalue weighted by molar-refractivity contribution is 6.02. The molecule has 0 aliphatic carbocycles. The average molecular weight is 261 g/mol. The van der Waals surface area contributed by atoms with Crippen molar-refractivity contribution in [1.82, 2.24) is 0 Å². The normalized spacial score (nSPS) is 20.6. The second-order valence-corrected chi connectivity index (χ2v) is 5.32. The number of amidine groups is 1. The molecular weight excluding hydrogens is 238 g/mol. The number of para-hydroxylation sites is 1. The molecule has 19 heavy (non-hydrogen) atoms. The van der Waals surface area contributed by atoms with Crippen molar-refractivity contribution in [2.45, 2.75) is 33.1 Å². The van der Waals surface area contributed by atoms with E-state index in [1.54, 1.807) is 0 Å². The maximum Gasteiger partial charge on any atom is 0.172 e. The number of piperidine rings is 1. The van der Waals surface area contributed by atoms with Crippen molar-refractivity contribution < 1.29 is 5.21 Å². The standard InChI is InChI=1S/C15H23N3O/c1-3-12-7-5-9-18(10-12)14-11(2)6-4-8-13(14)15(16)17-19/h4,6,8,12,19H,3,5,7,9-10H2,1-2H3,(H2,16,17). The molecule has 1 fully saturated rings. The highest BCUT2D eigenvalue weighted by Gasteiger charge is 2.22. The molecule has 4 nitrogen and oxygen atoms in total. The van der Waals surface area contributed by atoms with E-state index in [4.69, 9.17) is 10.9 Å². The molecule has 2 rings (SSSR count). The van der Waals surface area contributed by atoms with Crippen LogP contribution in [-0.4, -0.2) is 24.1 Å². The lowest BCUT2D eigenvalue weighted by Gasteiger charge is -2.36. The fourth-order valence-electron chi connectivity index (χ4n) is 2.94. The topological polar surface area (TPSA) is 61.8 Å². The van der Waals surface area contributed by atoms with Crippen LogP contribution in [0, 0.1) is 12.8 Å². The van der Waals surface area contributed by atoms with Gasteiger partial charge in [-0.2, -0.15) is 0 Å². The first-order valence-electron chi connectivity index (χ1n) is 6.99. The maximum atomic E-state index is 8.94. The Morgan fingerprint density at radius 3 is 3.00 bits per heavy atom. The highest BCUT2D eigenvalue weighted by atomic mass is 16.4. The van der Waals surface area contributed by atoms with Gasteiger partial charge in [0, 0.05) is 18.7 Å². The van der Waals surface area contributed by atoms with Gasteiger partial charge in [-0.25, -0.2) is 0 Å². The molecule has 4 heteroatoms. The van der Waals surface area contributed by atoms with Crippen LogP contribution in [0.3, 0.4) is 0 Å². The summed E-state index contributed by atoms with van der Waals surface area (Å²) in [5.41, 5.74) is 8.95. The maximum absolute atomic E-state index is 8.94. The summed E-state index contributed by atoms with van der Waals surface area (Å²) in [5, 5.41) is 12.1. The zero-order valence-corrected chi connectivity index (χ0v) is 11.8. The largest absolute Gasteiger partial charge is 0.409 e. The molecule has 1 atom stereocenters. The van der Waals surface area contributed by atoms with E-state index < -0.39 is 0 Å². The fraction of sp³-hybridized carbons (Fsp3) is 0.533. The molecule has 0 amide bonds. The second kappa shape index (κ2) is 5.95. The van der Waals surface area contributed by atoms with Crippen molar-refractivity contribution in [2.75, 3.05) is 18.0 Å². The molecule has 0 radical (unpaired) electrons. The van der Waals surface area contributed by atoms with Gasteiger partial charge >= 0.3 is 0 Å². The molecule has 0 saturated carbocycles. The number of nitrogens with zero attached hydrogens (tertiary/aromatic N) is 2. The fourth-order valence-corrected chi connectivity index (χ4v) is 2.94. The van der Waals surface area contributed by atoms with Gasteiger partial charge in [0.1, 0.15) is 0 Å². The van der Waals surface area contributed by atoms with Gasteiger partial charge in [0.05, 0.1) is 5.69 Å². The Kier molecular flexibility index (Phi) is 4.30. The van der Waals surface area contributed by atoms with E-state index >= 15 is 0 Å². The lowest BCUT2D eigenvalue weighted by Crippen LogP contribution is -2.37. The van der Waals surface area contributed by atoms with Gasteiger partial charge in [0.25, 0.3) is 0 Å². The Morgan fingerprint density at radius 1 is 1.53 bits per heavy atom. The molecule has 1 aromatic rings. The lowest BCUT2D eigenvalue weighted by molar-refractivity contribution is 0.318. The van der Waals surface area contributed by atoms with Crippen LogP contribution in [0.1, 0.15) is 37.3 Å². The third-order valence-electron chi connectivity index (χ3n) is 4.03. The lowest BCUT2D eigenvalue weighted by atomic mass is 9.94. The quantitative estimate of drug-likeness (QED) is 0.380. The van der Waals surface area contributed by atoms with Gasteiger partial charge in [-0.3, -0.25) is 0 Å². The number of hydrogen-bond donors (Lipinski definition) is 2. The monoisotopic (exact) mass is 261 g/mol. The van der Waals surface area contributed by atoms with E-state index in [0.717, 1.165) is 30.3 Å². The summed E-state index contributed by atoms with van der Waals surface area (Å²) < 4.78 is 0. The summed E-state index contributed by atoms with van der Waals surface area (Å²) in [5.74, 6) is 0.936. The Morgan fingerprint density at radius 2 is 2.32 bits per heavy atom. The summed E-state index contributed by atoms with van der Waals surface area (Å²) in [6.45, 7) is 6.44. The summed E-state index contributed by atoms with van der Waals surface area (Å²) in [7, 11) is 0. The van der Waals surface area contributed by atoms with Gasteiger partial charge in [-0.1, -0.05) is 30.6 Å². The van der Waals surface area contributed by atoms with Crippen LogP contribution in [0.15, 0.2) is 23.4 Å². The van der Waals surface area contributed by atoms with Crippen LogP contribution >= 0.6 is 0 Å². The molecule has 1 unspecified atom stereocenters. The molecule has 1 aliphatic rings. The molecule has 1 heterocycles. The van der Waals surface area contributed by atoms with Gasteiger partial charge in [-0.05, 0) is 37.3 Å². The van der Waals surface area contributed by atoms with E-state index in [1.165, 1.54) is 24.8 Å². The molecule has 3 N–H and O–H groups in total. The van der Waals surface area contributed by atoms with Crippen LogP contribution < -0.4 is 10.6 Å². The van der Waals surface area contributed by atoms with Gasteiger partial charge in [0.15, 0.2) is 5.84 Å². The van der Waals surface area contributed by atoms with Crippen LogP contribution in [0.5, 0.6) is 0 Å². The average Bonchev–Trinajstić information content (AvgIpc) is 2.46. The Bertz CT molecular complexity index is 470. The highest BCUT2D eigenvalue weighted by Crippen LogP contribution is 2.30. The smallest absolute Gasteiger partial charge is 0.172 e. The number of rotatable bonds is 3. The Hall–Kier alpha value is -1.71. The van der Waals surface area contributed by atoms with Crippen molar-refractivity contribution in [3.8, 4) is 0 Å². The van der Waals surface area contributed by atoms with Crippen LogP contribution in [0.4, 0.5) is 5.69 Å². The SMILES string of the molecule is CCC1CCCN(c2c(C)cccc2/C(N)=N/O)C1. The minimum atomic E-state index is 0.192. The first-order chi connectivity index (χ1) is 9.17. The predicted octanol–water partition coefficient (Wildman–Crippen LogP) is 2.72. The molecule has 1 aromatic carbocycles. The van der Waals surface area contributed by atoms with Crippen molar-refractivity contribution >= 4 is 11.5 Å². The minimum Gasteiger partial charge on any atom is -0.409 e. The Labute approximate surface area is 114 Å². The van der Waals surface area contributed by atoms with Crippen molar-refractivity contribution in [1.29, 1.82) is 0 Å². The molecule has 1 aliphatic heterocycles. The summed E-state index contributed by atoms with van der Waals surface area (Å²) >= 11 is 0. The molecule has 0 aromatic heterocycles. The van der Waals surface area contributed by atoms with E-state index in [1.807, 2.05) is 12.1 Å². The zero-order valence-electron chi connectivity index (χ0n) is 11.8. The van der Waals surface area contributed by atoms with Gasteiger partial charge in [0.2, 0.25) is 0 Å².